The fraction of sp³-hybridized carbons (Fsp3) is 1.00. The molecule has 1 fully saturated rings. The van der Waals surface area contributed by atoms with Gasteiger partial charge >= 0.3 is 0 Å². The van der Waals surface area contributed by atoms with Gasteiger partial charge in [0.05, 0.1) is 5.60 Å². The topological polar surface area (TPSA) is 23.5 Å². The van der Waals surface area contributed by atoms with Crippen molar-refractivity contribution in [2.45, 2.75) is 25.4 Å². The Morgan fingerprint density at radius 2 is 2.17 bits per heavy atom. The van der Waals surface area contributed by atoms with Crippen LogP contribution in [0.25, 0.3) is 0 Å². The minimum absolute atomic E-state index is 0.340. The first-order chi connectivity index (χ1) is 5.70. The van der Waals surface area contributed by atoms with Gasteiger partial charge in [-0.15, -0.1) is 0 Å². The molecule has 1 saturated heterocycles. The molecule has 0 bridgehead atoms. The number of rotatable bonds is 5. The van der Waals surface area contributed by atoms with Crippen molar-refractivity contribution in [3.63, 3.8) is 0 Å². The zero-order valence-corrected chi connectivity index (χ0v) is 8.86. The van der Waals surface area contributed by atoms with E-state index in [-0.39, 0.29) is 5.60 Å². The summed E-state index contributed by atoms with van der Waals surface area (Å²) in [7, 11) is 0. The highest BCUT2D eigenvalue weighted by molar-refractivity contribution is 7.98. The molecule has 0 spiro atoms. The maximum atomic E-state index is 9.83. The van der Waals surface area contributed by atoms with Crippen LogP contribution in [0.2, 0.25) is 0 Å². The number of nitrogens with zero attached hydrogens (tertiary/aromatic N) is 1. The highest BCUT2D eigenvalue weighted by Gasteiger charge is 2.39. The first-order valence-electron chi connectivity index (χ1n) is 4.64. The maximum absolute atomic E-state index is 9.83. The predicted octanol–water partition coefficient (Wildman–Crippen LogP) is 1.20. The van der Waals surface area contributed by atoms with Crippen LogP contribution in [-0.4, -0.2) is 47.3 Å². The van der Waals surface area contributed by atoms with Gasteiger partial charge in [0, 0.05) is 25.4 Å². The molecule has 1 aliphatic heterocycles. The lowest BCUT2D eigenvalue weighted by Gasteiger charge is -2.46. The summed E-state index contributed by atoms with van der Waals surface area (Å²) in [6.45, 7) is 5.04. The van der Waals surface area contributed by atoms with Crippen molar-refractivity contribution < 1.29 is 5.11 Å². The summed E-state index contributed by atoms with van der Waals surface area (Å²) < 4.78 is 0. The molecule has 1 rings (SSSR count). The maximum Gasteiger partial charge on any atom is 0.0900 e. The molecule has 0 radical (unpaired) electrons. The van der Waals surface area contributed by atoms with E-state index in [1.54, 1.807) is 0 Å². The minimum Gasteiger partial charge on any atom is -0.387 e. The lowest BCUT2D eigenvalue weighted by atomic mass is 9.89. The van der Waals surface area contributed by atoms with Crippen molar-refractivity contribution in [2.24, 2.45) is 0 Å². The van der Waals surface area contributed by atoms with E-state index in [0.717, 1.165) is 32.5 Å². The summed E-state index contributed by atoms with van der Waals surface area (Å²) in [6.07, 6.45) is 4.17. The first-order valence-corrected chi connectivity index (χ1v) is 6.03. The van der Waals surface area contributed by atoms with Crippen LogP contribution in [0.4, 0.5) is 0 Å². The van der Waals surface area contributed by atoms with Gasteiger partial charge in [0.2, 0.25) is 0 Å². The van der Waals surface area contributed by atoms with Crippen molar-refractivity contribution in [3.05, 3.63) is 0 Å². The van der Waals surface area contributed by atoms with Gasteiger partial charge in [-0.05, 0) is 12.7 Å². The quantitative estimate of drug-likeness (QED) is 0.703. The first kappa shape index (κ1) is 10.4. The summed E-state index contributed by atoms with van der Waals surface area (Å²) in [4.78, 5) is 2.33. The van der Waals surface area contributed by atoms with Crippen molar-refractivity contribution >= 4 is 11.8 Å². The molecule has 3 heteroatoms. The van der Waals surface area contributed by atoms with Crippen LogP contribution in [-0.2, 0) is 0 Å². The zero-order valence-electron chi connectivity index (χ0n) is 8.05. The van der Waals surface area contributed by atoms with Gasteiger partial charge in [0.25, 0.3) is 0 Å². The number of hydrogen-bond donors (Lipinski definition) is 1. The second-order valence-electron chi connectivity index (χ2n) is 3.68. The Hall–Kier alpha value is 0.270. The van der Waals surface area contributed by atoms with Crippen LogP contribution < -0.4 is 0 Å². The normalized spacial score (nSPS) is 22.2. The summed E-state index contributed by atoms with van der Waals surface area (Å²) in [6, 6.07) is 0. The number of aliphatic hydroxyl groups is 1. The van der Waals surface area contributed by atoms with Gasteiger partial charge in [-0.3, -0.25) is 4.90 Å². The Kier molecular flexibility index (Phi) is 3.87. The van der Waals surface area contributed by atoms with E-state index >= 15 is 0 Å². The Labute approximate surface area is 79.3 Å². The second-order valence-corrected chi connectivity index (χ2v) is 4.66. The molecule has 12 heavy (non-hydrogen) atoms. The molecular formula is C9H19NOS. The molecule has 0 amide bonds. The molecule has 0 aromatic heterocycles. The lowest BCUT2D eigenvalue weighted by molar-refractivity contribution is -0.0999. The van der Waals surface area contributed by atoms with Gasteiger partial charge in [0.1, 0.15) is 0 Å². The van der Waals surface area contributed by atoms with Crippen molar-refractivity contribution in [3.8, 4) is 0 Å². The molecule has 0 aromatic rings. The minimum atomic E-state index is -0.340. The zero-order chi connectivity index (χ0) is 9.03. The van der Waals surface area contributed by atoms with Crippen LogP contribution in [0.3, 0.4) is 0 Å². The van der Waals surface area contributed by atoms with E-state index in [9.17, 15) is 5.11 Å². The Morgan fingerprint density at radius 1 is 1.50 bits per heavy atom. The van der Waals surface area contributed by atoms with Crippen LogP contribution in [0.1, 0.15) is 19.8 Å². The second kappa shape index (κ2) is 4.49. The predicted molar refractivity (Wildman–Crippen MR) is 54.7 cm³/mol. The smallest absolute Gasteiger partial charge is 0.0900 e. The highest BCUT2D eigenvalue weighted by Crippen LogP contribution is 2.25. The fourth-order valence-corrected chi connectivity index (χ4v) is 2.23. The molecule has 0 saturated carbocycles. The monoisotopic (exact) mass is 189 g/mol. The fourth-order valence-electron chi connectivity index (χ4n) is 1.79. The van der Waals surface area contributed by atoms with Crippen LogP contribution >= 0.6 is 11.8 Å². The Bertz CT molecular complexity index is 134. The molecule has 1 heterocycles. The third kappa shape index (κ3) is 2.64. The molecule has 2 nitrogen and oxygen atoms in total. The van der Waals surface area contributed by atoms with E-state index in [1.807, 2.05) is 11.8 Å². The van der Waals surface area contributed by atoms with E-state index in [1.165, 1.54) is 5.75 Å². The van der Waals surface area contributed by atoms with Crippen LogP contribution in [0.5, 0.6) is 0 Å². The number of thioether (sulfide) groups is 1. The van der Waals surface area contributed by atoms with Crippen LogP contribution in [0, 0.1) is 0 Å². The van der Waals surface area contributed by atoms with Gasteiger partial charge in [-0.25, -0.2) is 0 Å². The molecule has 1 aliphatic rings. The van der Waals surface area contributed by atoms with Gasteiger partial charge in [0.15, 0.2) is 0 Å². The molecule has 72 valence electrons. The van der Waals surface area contributed by atoms with E-state index in [0.29, 0.717) is 0 Å². The SMILES string of the molecule is CCCC1(O)CN(CCSC)C1. The average Bonchev–Trinajstić information content (AvgIpc) is 1.97. The molecule has 1 N–H and O–H groups in total. The van der Waals surface area contributed by atoms with Crippen molar-refractivity contribution in [1.29, 1.82) is 0 Å². The largest absolute Gasteiger partial charge is 0.387 e. The Balaban J connectivity index is 2.09. The number of hydrogen-bond acceptors (Lipinski definition) is 3. The third-order valence-corrected chi connectivity index (χ3v) is 2.95. The number of likely N-dealkylation sites (tertiary alicyclic amines) is 1. The summed E-state index contributed by atoms with van der Waals surface area (Å²) in [5, 5.41) is 9.83. The highest BCUT2D eigenvalue weighted by atomic mass is 32.2. The van der Waals surface area contributed by atoms with E-state index in [4.69, 9.17) is 0 Å². The van der Waals surface area contributed by atoms with Gasteiger partial charge in [-0.2, -0.15) is 11.8 Å². The van der Waals surface area contributed by atoms with E-state index in [2.05, 4.69) is 18.1 Å². The van der Waals surface area contributed by atoms with Gasteiger partial charge < -0.3 is 5.11 Å². The van der Waals surface area contributed by atoms with E-state index < -0.39 is 0 Å². The van der Waals surface area contributed by atoms with Crippen LogP contribution in [0.15, 0.2) is 0 Å². The van der Waals surface area contributed by atoms with Crippen molar-refractivity contribution in [2.75, 3.05) is 31.6 Å². The average molecular weight is 189 g/mol. The number of β-amino-alcohol motifs (C(OH)–C–C–N with tert-alkyl or cyclic N) is 1. The molecule has 0 atom stereocenters. The van der Waals surface area contributed by atoms with Gasteiger partial charge in [-0.1, -0.05) is 13.3 Å². The summed E-state index contributed by atoms with van der Waals surface area (Å²) in [5.41, 5.74) is -0.340. The molecule has 0 aromatic carbocycles. The van der Waals surface area contributed by atoms with Crippen molar-refractivity contribution in [1.82, 2.24) is 4.90 Å². The molecular weight excluding hydrogens is 170 g/mol. The summed E-state index contributed by atoms with van der Waals surface area (Å²) >= 11 is 1.87. The molecule has 0 aliphatic carbocycles. The summed E-state index contributed by atoms with van der Waals surface area (Å²) in [5.74, 6) is 1.18. The third-order valence-electron chi connectivity index (χ3n) is 2.36. The Morgan fingerprint density at radius 3 is 2.67 bits per heavy atom. The lowest BCUT2D eigenvalue weighted by Crippen LogP contribution is -2.61. The molecule has 0 unspecified atom stereocenters. The standard InChI is InChI=1S/C9H19NOS/c1-3-4-9(11)7-10(8-9)5-6-12-2/h11H,3-8H2,1-2H3.